The third kappa shape index (κ3) is 4.52. The Labute approximate surface area is 114 Å². The summed E-state index contributed by atoms with van der Waals surface area (Å²) in [5, 5.41) is 10.7. The zero-order valence-electron chi connectivity index (χ0n) is 12.1. The third-order valence-corrected chi connectivity index (χ3v) is 3.29. The van der Waals surface area contributed by atoms with Gasteiger partial charge in [0.25, 0.3) is 5.69 Å². The molecule has 0 saturated carbocycles. The van der Waals surface area contributed by atoms with Crippen LogP contribution < -0.4 is 5.73 Å². The smallest absolute Gasteiger partial charge is 0.292 e. The van der Waals surface area contributed by atoms with E-state index in [0.29, 0.717) is 12.0 Å². The molecule has 0 aromatic heterocycles. The fourth-order valence-corrected chi connectivity index (χ4v) is 2.17. The van der Waals surface area contributed by atoms with Gasteiger partial charge >= 0.3 is 0 Å². The Morgan fingerprint density at radius 1 is 1.37 bits per heavy atom. The van der Waals surface area contributed by atoms with E-state index in [2.05, 4.69) is 32.7 Å². The highest BCUT2D eigenvalue weighted by atomic mass is 16.6. The summed E-state index contributed by atoms with van der Waals surface area (Å²) in [6.07, 6.45) is 1.12. The number of nitro groups is 1. The SMILES string of the molecule is CC(C)CC(C)N(C)Cc1ccc([N+](=O)[O-])c(N)c1. The first-order chi connectivity index (χ1) is 8.81. The van der Waals surface area contributed by atoms with Crippen molar-refractivity contribution in [1.29, 1.82) is 0 Å². The van der Waals surface area contributed by atoms with Crippen LogP contribution in [0.4, 0.5) is 11.4 Å². The van der Waals surface area contributed by atoms with E-state index >= 15 is 0 Å². The Bertz CT molecular complexity index is 446. The molecule has 0 spiro atoms. The molecule has 0 bridgehead atoms. The summed E-state index contributed by atoms with van der Waals surface area (Å²) in [7, 11) is 2.06. The van der Waals surface area contributed by atoms with Crippen molar-refractivity contribution in [2.24, 2.45) is 5.92 Å². The van der Waals surface area contributed by atoms with Gasteiger partial charge in [0.2, 0.25) is 0 Å². The zero-order chi connectivity index (χ0) is 14.6. The standard InChI is InChI=1S/C14H23N3O2/c1-10(2)7-11(3)16(4)9-12-5-6-14(17(18)19)13(15)8-12/h5-6,8,10-11H,7,9,15H2,1-4H3. The quantitative estimate of drug-likeness (QED) is 0.487. The predicted molar refractivity (Wildman–Crippen MR) is 77.9 cm³/mol. The normalized spacial score (nSPS) is 12.9. The molecule has 1 unspecified atom stereocenters. The van der Waals surface area contributed by atoms with E-state index in [1.807, 2.05) is 0 Å². The number of nitro benzene ring substituents is 1. The van der Waals surface area contributed by atoms with Crippen LogP contribution in [0.15, 0.2) is 18.2 Å². The number of anilines is 1. The van der Waals surface area contributed by atoms with Crippen molar-refractivity contribution < 1.29 is 4.92 Å². The second kappa shape index (κ2) is 6.52. The molecule has 1 aromatic rings. The van der Waals surface area contributed by atoms with Crippen LogP contribution in [0.5, 0.6) is 0 Å². The van der Waals surface area contributed by atoms with Crippen LogP contribution in [0.25, 0.3) is 0 Å². The molecule has 2 N–H and O–H groups in total. The highest BCUT2D eigenvalue weighted by Gasteiger charge is 2.14. The third-order valence-electron chi connectivity index (χ3n) is 3.29. The Morgan fingerprint density at radius 3 is 2.47 bits per heavy atom. The number of benzene rings is 1. The molecule has 0 amide bonds. The van der Waals surface area contributed by atoms with Crippen molar-refractivity contribution in [2.45, 2.75) is 39.8 Å². The summed E-state index contributed by atoms with van der Waals surface area (Å²) in [4.78, 5) is 12.5. The number of hydrogen-bond acceptors (Lipinski definition) is 4. The maximum Gasteiger partial charge on any atom is 0.292 e. The largest absolute Gasteiger partial charge is 0.393 e. The number of rotatable bonds is 6. The highest BCUT2D eigenvalue weighted by Crippen LogP contribution is 2.23. The van der Waals surface area contributed by atoms with E-state index in [4.69, 9.17) is 5.73 Å². The van der Waals surface area contributed by atoms with E-state index in [1.165, 1.54) is 6.07 Å². The van der Waals surface area contributed by atoms with Gasteiger partial charge < -0.3 is 5.73 Å². The van der Waals surface area contributed by atoms with Gasteiger partial charge in [-0.2, -0.15) is 0 Å². The Balaban J connectivity index is 2.72. The lowest BCUT2D eigenvalue weighted by atomic mass is 10.0. The van der Waals surface area contributed by atoms with Gasteiger partial charge in [-0.25, -0.2) is 0 Å². The summed E-state index contributed by atoms with van der Waals surface area (Å²) >= 11 is 0. The van der Waals surface area contributed by atoms with Gasteiger partial charge in [-0.3, -0.25) is 15.0 Å². The van der Waals surface area contributed by atoms with Crippen LogP contribution in [0, 0.1) is 16.0 Å². The Kier molecular flexibility index (Phi) is 5.30. The van der Waals surface area contributed by atoms with Crippen LogP contribution in [-0.4, -0.2) is 22.9 Å². The Morgan fingerprint density at radius 2 is 2.00 bits per heavy atom. The molecule has 19 heavy (non-hydrogen) atoms. The lowest BCUT2D eigenvalue weighted by Gasteiger charge is -2.26. The van der Waals surface area contributed by atoms with Crippen LogP contribution >= 0.6 is 0 Å². The van der Waals surface area contributed by atoms with Crippen molar-refractivity contribution in [2.75, 3.05) is 12.8 Å². The molecule has 1 atom stereocenters. The van der Waals surface area contributed by atoms with Gasteiger partial charge in [-0.15, -0.1) is 0 Å². The first kappa shape index (κ1) is 15.4. The zero-order valence-corrected chi connectivity index (χ0v) is 12.1. The van der Waals surface area contributed by atoms with Crippen LogP contribution in [0.1, 0.15) is 32.8 Å². The van der Waals surface area contributed by atoms with Crippen molar-refractivity contribution >= 4 is 11.4 Å². The summed E-state index contributed by atoms with van der Waals surface area (Å²) in [6.45, 7) is 7.34. The fraction of sp³-hybridized carbons (Fsp3) is 0.571. The molecule has 1 rings (SSSR count). The first-order valence-electron chi connectivity index (χ1n) is 6.54. The molecule has 1 aromatic carbocycles. The van der Waals surface area contributed by atoms with E-state index < -0.39 is 4.92 Å². The molecule has 5 nitrogen and oxygen atoms in total. The molecule has 0 heterocycles. The molecule has 0 aliphatic carbocycles. The summed E-state index contributed by atoms with van der Waals surface area (Å²) in [5.41, 5.74) is 6.90. The van der Waals surface area contributed by atoms with Crippen LogP contribution in [0.3, 0.4) is 0 Å². The van der Waals surface area contributed by atoms with Crippen molar-refractivity contribution in [3.63, 3.8) is 0 Å². The molecule has 0 aliphatic heterocycles. The highest BCUT2D eigenvalue weighted by molar-refractivity contribution is 5.59. The maximum atomic E-state index is 10.7. The van der Waals surface area contributed by atoms with Gasteiger partial charge in [0.15, 0.2) is 0 Å². The molecule has 106 valence electrons. The second-order valence-electron chi connectivity index (χ2n) is 5.54. The number of nitrogens with two attached hydrogens (primary N) is 1. The lowest BCUT2D eigenvalue weighted by molar-refractivity contribution is -0.383. The molecule has 0 aliphatic rings. The van der Waals surface area contributed by atoms with Crippen LogP contribution in [0.2, 0.25) is 0 Å². The van der Waals surface area contributed by atoms with Crippen LogP contribution in [-0.2, 0) is 6.54 Å². The number of nitrogen functional groups attached to an aromatic ring is 1. The van der Waals surface area contributed by atoms with E-state index in [0.717, 1.165) is 18.5 Å². The topological polar surface area (TPSA) is 72.4 Å². The minimum atomic E-state index is -0.454. The molecular formula is C14H23N3O2. The monoisotopic (exact) mass is 265 g/mol. The van der Waals surface area contributed by atoms with Crippen molar-refractivity contribution in [3.8, 4) is 0 Å². The predicted octanol–water partition coefficient (Wildman–Crippen LogP) is 3.04. The summed E-state index contributed by atoms with van der Waals surface area (Å²) in [5.74, 6) is 0.652. The number of nitrogens with zero attached hydrogens (tertiary/aromatic N) is 2. The lowest BCUT2D eigenvalue weighted by Crippen LogP contribution is -2.29. The minimum Gasteiger partial charge on any atom is -0.393 e. The van der Waals surface area contributed by atoms with Gasteiger partial charge in [-0.1, -0.05) is 19.9 Å². The Hall–Kier alpha value is -1.62. The van der Waals surface area contributed by atoms with E-state index in [-0.39, 0.29) is 11.4 Å². The summed E-state index contributed by atoms with van der Waals surface area (Å²) in [6, 6.07) is 5.41. The van der Waals surface area contributed by atoms with E-state index in [1.54, 1.807) is 12.1 Å². The molecule has 0 saturated heterocycles. The van der Waals surface area contributed by atoms with E-state index in [9.17, 15) is 10.1 Å². The van der Waals surface area contributed by atoms with Crippen molar-refractivity contribution in [1.82, 2.24) is 4.90 Å². The minimum absolute atomic E-state index is 0.0263. The van der Waals surface area contributed by atoms with Crippen molar-refractivity contribution in [3.05, 3.63) is 33.9 Å². The molecular weight excluding hydrogens is 242 g/mol. The average molecular weight is 265 g/mol. The molecule has 0 fully saturated rings. The average Bonchev–Trinajstić information content (AvgIpc) is 2.27. The van der Waals surface area contributed by atoms with Gasteiger partial charge in [0, 0.05) is 18.7 Å². The maximum absolute atomic E-state index is 10.7. The fourth-order valence-electron chi connectivity index (χ4n) is 2.17. The van der Waals surface area contributed by atoms with Gasteiger partial charge in [0.1, 0.15) is 5.69 Å². The summed E-state index contributed by atoms with van der Waals surface area (Å²) < 4.78 is 0. The van der Waals surface area contributed by atoms with Gasteiger partial charge in [0.05, 0.1) is 4.92 Å². The second-order valence-corrected chi connectivity index (χ2v) is 5.54. The molecule has 0 radical (unpaired) electrons. The van der Waals surface area contributed by atoms with Gasteiger partial charge in [-0.05, 0) is 37.9 Å². The first-order valence-corrected chi connectivity index (χ1v) is 6.54. The molecule has 5 heteroatoms. The number of hydrogen-bond donors (Lipinski definition) is 1.